The van der Waals surface area contributed by atoms with Gasteiger partial charge < -0.3 is 19.9 Å². The highest BCUT2D eigenvalue weighted by atomic mass is 32.2. The average molecular weight is 593 g/mol. The summed E-state index contributed by atoms with van der Waals surface area (Å²) >= 11 is 0. The Balaban J connectivity index is 1.47. The minimum atomic E-state index is -3.92. The zero-order valence-electron chi connectivity index (χ0n) is 24.3. The molecule has 4 rings (SSSR count). The molecule has 0 aromatic heterocycles. The van der Waals surface area contributed by atoms with E-state index in [1.807, 2.05) is 61.5 Å². The van der Waals surface area contributed by atoms with E-state index in [4.69, 9.17) is 4.74 Å². The summed E-state index contributed by atoms with van der Waals surface area (Å²) in [5.41, 5.74) is 3.11. The van der Waals surface area contributed by atoms with Crippen LogP contribution in [0.1, 0.15) is 29.5 Å². The van der Waals surface area contributed by atoms with E-state index in [9.17, 15) is 18.0 Å². The normalized spacial score (nSPS) is 14.1. The van der Waals surface area contributed by atoms with Gasteiger partial charge in [0.25, 0.3) is 0 Å². The number of ether oxygens (including phenoxy) is 1. The summed E-state index contributed by atoms with van der Waals surface area (Å²) in [4.78, 5) is 30.5. The van der Waals surface area contributed by atoms with Crippen molar-refractivity contribution in [1.29, 1.82) is 0 Å². The molecule has 1 heterocycles. The number of carbonyl (C=O) groups is 2. The first-order chi connectivity index (χ1) is 20.3. The number of hydrogen-bond donors (Lipinski definition) is 1. The maximum atomic E-state index is 13.9. The predicted octanol–water partition coefficient (Wildman–Crippen LogP) is 4.04. The van der Waals surface area contributed by atoms with Crippen molar-refractivity contribution in [3.63, 3.8) is 0 Å². The highest BCUT2D eigenvalue weighted by Gasteiger charge is 2.33. The van der Waals surface area contributed by atoms with E-state index >= 15 is 0 Å². The maximum Gasteiger partial charge on any atom is 0.317 e. The van der Waals surface area contributed by atoms with Gasteiger partial charge in [-0.05, 0) is 43.0 Å². The van der Waals surface area contributed by atoms with Crippen LogP contribution in [-0.4, -0.2) is 80.4 Å². The molecular weight excluding hydrogens is 552 g/mol. The quantitative estimate of drug-likeness (QED) is 0.342. The fourth-order valence-electron chi connectivity index (χ4n) is 5.04. The predicted molar refractivity (Wildman–Crippen MR) is 162 cm³/mol. The molecule has 0 unspecified atom stereocenters. The third-order valence-electron chi connectivity index (χ3n) is 7.51. The number of likely N-dealkylation sites (tertiary alicyclic amines) is 1. The molecule has 0 saturated carbocycles. The Bertz CT molecular complexity index is 1390. The van der Waals surface area contributed by atoms with Crippen molar-refractivity contribution in [3.05, 3.63) is 102 Å². The Morgan fingerprint density at radius 3 is 2.14 bits per heavy atom. The molecule has 0 atom stereocenters. The number of aryl methyl sites for hydroxylation is 1. The van der Waals surface area contributed by atoms with Crippen LogP contribution >= 0.6 is 0 Å². The second-order valence-electron chi connectivity index (χ2n) is 10.5. The lowest BCUT2D eigenvalue weighted by Crippen LogP contribution is -2.52. The lowest BCUT2D eigenvalue weighted by atomic mass is 10.0. The Kier molecular flexibility index (Phi) is 11.1. The molecule has 0 spiro atoms. The minimum Gasteiger partial charge on any atom is -0.383 e. The summed E-state index contributed by atoms with van der Waals surface area (Å²) in [7, 11) is -2.41. The number of nitrogens with one attached hydrogen (secondary N) is 1. The second-order valence-corrected chi connectivity index (χ2v) is 12.5. The van der Waals surface area contributed by atoms with Crippen molar-refractivity contribution in [2.75, 3.05) is 39.9 Å². The molecule has 1 N–H and O–H groups in total. The molecule has 9 nitrogen and oxygen atoms in total. The number of carbonyl (C=O) groups excluding carboxylic acids is 2. The van der Waals surface area contributed by atoms with Crippen molar-refractivity contribution >= 4 is 22.0 Å². The molecule has 1 aliphatic heterocycles. The molecule has 3 aromatic rings. The smallest absolute Gasteiger partial charge is 0.317 e. The second kappa shape index (κ2) is 14.9. The molecule has 0 bridgehead atoms. The highest BCUT2D eigenvalue weighted by molar-refractivity contribution is 7.89. The number of piperidine rings is 1. The fraction of sp³-hybridized carbons (Fsp3) is 0.375. The van der Waals surface area contributed by atoms with Crippen molar-refractivity contribution in [2.45, 2.75) is 43.8 Å². The third-order valence-corrected chi connectivity index (χ3v) is 9.37. The summed E-state index contributed by atoms with van der Waals surface area (Å²) in [6.45, 7) is 3.72. The van der Waals surface area contributed by atoms with E-state index in [0.717, 1.165) is 16.7 Å². The van der Waals surface area contributed by atoms with Gasteiger partial charge in [0, 0.05) is 45.9 Å². The van der Waals surface area contributed by atoms with E-state index in [2.05, 4.69) is 5.32 Å². The van der Waals surface area contributed by atoms with Crippen LogP contribution in [0.25, 0.3) is 0 Å². The van der Waals surface area contributed by atoms with Crippen LogP contribution in [0.2, 0.25) is 0 Å². The van der Waals surface area contributed by atoms with Gasteiger partial charge in [-0.3, -0.25) is 4.79 Å². The molecule has 10 heteroatoms. The third kappa shape index (κ3) is 8.40. The van der Waals surface area contributed by atoms with Crippen LogP contribution in [0.15, 0.2) is 89.8 Å². The van der Waals surface area contributed by atoms with E-state index in [1.165, 1.54) is 23.5 Å². The van der Waals surface area contributed by atoms with Crippen LogP contribution in [-0.2, 0) is 32.6 Å². The number of nitrogens with zero attached hydrogens (tertiary/aromatic N) is 3. The summed E-state index contributed by atoms with van der Waals surface area (Å²) in [6.07, 6.45) is 1.19. The van der Waals surface area contributed by atoms with Gasteiger partial charge in [0.2, 0.25) is 15.9 Å². The van der Waals surface area contributed by atoms with Crippen LogP contribution < -0.4 is 5.32 Å². The van der Waals surface area contributed by atoms with E-state index < -0.39 is 10.0 Å². The van der Waals surface area contributed by atoms with Gasteiger partial charge in [0.05, 0.1) is 18.0 Å². The van der Waals surface area contributed by atoms with Gasteiger partial charge in [-0.15, -0.1) is 0 Å². The molecule has 1 saturated heterocycles. The first-order valence-corrected chi connectivity index (χ1v) is 15.7. The Hall–Kier alpha value is -3.73. The first-order valence-electron chi connectivity index (χ1n) is 14.2. The SMILES string of the molecule is COCCN(CC(=O)N(Cc1ccc(C)cc1)C1CCN(C(=O)NCc2ccccc2)CC1)S(=O)(=O)c1ccccc1. The maximum absolute atomic E-state index is 13.9. The van der Waals surface area contributed by atoms with E-state index in [1.54, 1.807) is 28.0 Å². The summed E-state index contributed by atoms with van der Waals surface area (Å²) in [5, 5.41) is 2.98. The molecule has 3 aromatic carbocycles. The number of urea groups is 1. The Morgan fingerprint density at radius 1 is 0.905 bits per heavy atom. The molecular formula is C32H40N4O5S. The average Bonchev–Trinajstić information content (AvgIpc) is 3.02. The Labute approximate surface area is 249 Å². The molecule has 0 radical (unpaired) electrons. The van der Waals surface area contributed by atoms with Crippen LogP contribution in [0.3, 0.4) is 0 Å². The van der Waals surface area contributed by atoms with Crippen LogP contribution in [0.4, 0.5) is 4.79 Å². The summed E-state index contributed by atoms with van der Waals surface area (Å²) in [6, 6.07) is 25.6. The summed E-state index contributed by atoms with van der Waals surface area (Å²) < 4.78 is 33.4. The zero-order valence-corrected chi connectivity index (χ0v) is 25.1. The van der Waals surface area contributed by atoms with Crippen molar-refractivity contribution in [2.24, 2.45) is 0 Å². The Morgan fingerprint density at radius 2 is 1.52 bits per heavy atom. The van der Waals surface area contributed by atoms with Crippen molar-refractivity contribution in [3.8, 4) is 0 Å². The highest BCUT2D eigenvalue weighted by Crippen LogP contribution is 2.22. The number of rotatable bonds is 12. The van der Waals surface area contributed by atoms with Crippen LogP contribution in [0, 0.1) is 6.92 Å². The molecule has 42 heavy (non-hydrogen) atoms. The van der Waals surface area contributed by atoms with Crippen LogP contribution in [0.5, 0.6) is 0 Å². The van der Waals surface area contributed by atoms with E-state index in [0.29, 0.717) is 39.0 Å². The van der Waals surface area contributed by atoms with Gasteiger partial charge in [-0.2, -0.15) is 4.31 Å². The van der Waals surface area contributed by atoms with Gasteiger partial charge >= 0.3 is 6.03 Å². The first kappa shape index (κ1) is 31.2. The molecule has 3 amide bonds. The lowest BCUT2D eigenvalue weighted by Gasteiger charge is -2.39. The van der Waals surface area contributed by atoms with Crippen molar-refractivity contribution < 1.29 is 22.7 Å². The number of hydrogen-bond acceptors (Lipinski definition) is 5. The molecule has 224 valence electrons. The van der Waals surface area contributed by atoms with Gasteiger partial charge in [-0.25, -0.2) is 13.2 Å². The minimum absolute atomic E-state index is 0.0534. The van der Waals surface area contributed by atoms with E-state index in [-0.39, 0.29) is 42.6 Å². The zero-order chi connectivity index (χ0) is 30.0. The number of methoxy groups -OCH3 is 1. The molecule has 0 aliphatic carbocycles. The number of benzene rings is 3. The molecule has 1 aliphatic rings. The van der Waals surface area contributed by atoms with Gasteiger partial charge in [0.15, 0.2) is 0 Å². The topological polar surface area (TPSA) is 99.3 Å². The van der Waals surface area contributed by atoms with Crippen molar-refractivity contribution in [1.82, 2.24) is 19.4 Å². The lowest BCUT2D eigenvalue weighted by molar-refractivity contribution is -0.135. The molecule has 1 fully saturated rings. The number of amides is 3. The monoisotopic (exact) mass is 592 g/mol. The van der Waals surface area contributed by atoms with Gasteiger partial charge in [-0.1, -0.05) is 78.4 Å². The fourth-order valence-corrected chi connectivity index (χ4v) is 6.43. The number of sulfonamides is 1. The van der Waals surface area contributed by atoms with Gasteiger partial charge in [0.1, 0.15) is 0 Å². The largest absolute Gasteiger partial charge is 0.383 e. The summed E-state index contributed by atoms with van der Waals surface area (Å²) in [5.74, 6) is -0.279. The standard InChI is InChI=1S/C32H40N4O5S/c1-26-13-15-28(16-14-26)24-36(29-17-19-34(20-18-29)32(38)33-23-27-9-5-3-6-10-27)31(37)25-35(21-22-41-2)42(39,40)30-11-7-4-8-12-30/h3-16,29H,17-25H2,1-2H3,(H,33,38).